The maximum atomic E-state index is 14.2. The smallest absolute Gasteiger partial charge is 0.380 e. The number of alkyl halides is 3. The van der Waals surface area contributed by atoms with Gasteiger partial charge in [-0.3, -0.25) is 14.6 Å². The normalized spacial score (nSPS) is 20.6. The number of hydrogen-bond acceptors (Lipinski definition) is 11. The third kappa shape index (κ3) is 12.8. The number of sulfonamides is 1. The third-order valence-corrected chi connectivity index (χ3v) is 17.0. The molecule has 11 nitrogen and oxygen atoms in total. The fraction of sp³-hybridized carbons (Fsp3) is 0.468. The summed E-state index contributed by atoms with van der Waals surface area (Å²) in [5.74, 6) is 0.329. The van der Waals surface area contributed by atoms with E-state index in [1.54, 1.807) is 12.1 Å². The van der Waals surface area contributed by atoms with Crippen molar-refractivity contribution >= 4 is 60.5 Å². The fourth-order valence-corrected chi connectivity index (χ4v) is 12.2. The number of benzene rings is 4. The van der Waals surface area contributed by atoms with Crippen LogP contribution in [0.3, 0.4) is 0 Å². The number of carbonyl (C=O) groups excluding carboxylic acids is 1. The Labute approximate surface area is 390 Å². The number of nitrogens with one attached hydrogen (secondary N) is 2. The lowest BCUT2D eigenvalue weighted by Crippen LogP contribution is -2.49. The maximum Gasteiger partial charge on any atom is 0.501 e. The largest absolute Gasteiger partial charge is 0.501 e. The predicted molar refractivity (Wildman–Crippen MR) is 251 cm³/mol. The van der Waals surface area contributed by atoms with E-state index >= 15 is 0 Å². The van der Waals surface area contributed by atoms with E-state index in [0.29, 0.717) is 62.9 Å². The number of anilines is 2. The summed E-state index contributed by atoms with van der Waals surface area (Å²) in [7, 11) is -10.9. The number of nitrogens with zero attached hydrogens (tertiary/aromatic N) is 3. The summed E-state index contributed by atoms with van der Waals surface area (Å²) in [6.07, 6.45) is 3.90. The number of morpholine rings is 1. The number of thioether (sulfide) groups is 1. The molecule has 4 aromatic rings. The Morgan fingerprint density at radius 1 is 0.877 bits per heavy atom. The quantitative estimate of drug-likeness (QED) is 0.105. The van der Waals surface area contributed by atoms with Crippen LogP contribution in [0.2, 0.25) is 5.02 Å². The molecule has 2 saturated heterocycles. The van der Waals surface area contributed by atoms with Crippen molar-refractivity contribution in [3.05, 3.63) is 113 Å². The van der Waals surface area contributed by atoms with Crippen LogP contribution in [0.5, 0.6) is 0 Å². The van der Waals surface area contributed by atoms with Crippen LogP contribution in [0.4, 0.5) is 24.5 Å². The molecule has 2 heterocycles. The van der Waals surface area contributed by atoms with E-state index in [-0.39, 0.29) is 11.0 Å². The molecule has 4 aromatic carbocycles. The molecule has 1 amide bonds. The number of hydrogen-bond donors (Lipinski definition) is 2. The number of rotatable bonds is 16. The SMILES string of the molecule is CC1(C)CCC(c2ccc(Cl)cc2)C(CN2CCN(c3ccc(C(=O)NS(=O)(=O)c4ccc(N[C@H](CCN5CCOCC5)CSc5ccccc5)c(S(=O)(=O)C(F)(F)F)c4)cc3)CC2)C1. The molecule has 2 aliphatic heterocycles. The summed E-state index contributed by atoms with van der Waals surface area (Å²) < 4.78 is 103. The molecular formula is C47H57ClF3N5O6S3. The molecule has 3 fully saturated rings. The van der Waals surface area contributed by atoms with E-state index in [4.69, 9.17) is 16.3 Å². The highest BCUT2D eigenvalue weighted by molar-refractivity contribution is 7.99. The third-order valence-electron chi connectivity index (χ3n) is 12.7. The first kappa shape index (κ1) is 49.1. The van der Waals surface area contributed by atoms with Gasteiger partial charge < -0.3 is 15.0 Å². The lowest BCUT2D eigenvalue weighted by molar-refractivity contribution is -0.0435. The van der Waals surface area contributed by atoms with Gasteiger partial charge in [0.25, 0.3) is 25.8 Å². The summed E-state index contributed by atoms with van der Waals surface area (Å²) in [4.78, 5) is 19.1. The highest BCUT2D eigenvalue weighted by Gasteiger charge is 2.48. The van der Waals surface area contributed by atoms with Crippen LogP contribution in [0.25, 0.3) is 0 Å². The molecule has 0 radical (unpaired) electrons. The molecular weight excluding hydrogens is 919 g/mol. The van der Waals surface area contributed by atoms with E-state index in [9.17, 15) is 34.8 Å². The molecule has 352 valence electrons. The van der Waals surface area contributed by atoms with Gasteiger partial charge in [-0.1, -0.05) is 55.8 Å². The van der Waals surface area contributed by atoms with Crippen molar-refractivity contribution in [3.8, 4) is 0 Å². The van der Waals surface area contributed by atoms with Gasteiger partial charge in [-0.15, -0.1) is 11.8 Å². The molecule has 65 heavy (non-hydrogen) atoms. The minimum Gasteiger partial charge on any atom is -0.380 e. The van der Waals surface area contributed by atoms with Crippen molar-refractivity contribution in [3.63, 3.8) is 0 Å². The zero-order valence-electron chi connectivity index (χ0n) is 36.6. The second kappa shape index (κ2) is 21.0. The summed E-state index contributed by atoms with van der Waals surface area (Å²) in [5, 5.41) is 3.73. The van der Waals surface area contributed by atoms with E-state index in [0.717, 1.165) is 73.3 Å². The molecule has 2 unspecified atom stereocenters. The first-order chi connectivity index (χ1) is 30.9. The summed E-state index contributed by atoms with van der Waals surface area (Å²) in [5.41, 5.74) is -3.66. The Bertz CT molecular complexity index is 2450. The van der Waals surface area contributed by atoms with Gasteiger partial charge in [0.1, 0.15) is 4.90 Å². The van der Waals surface area contributed by atoms with Crippen LogP contribution in [-0.2, 0) is 24.6 Å². The topological polar surface area (TPSA) is 128 Å². The minimum atomic E-state index is -6.05. The van der Waals surface area contributed by atoms with Crippen molar-refractivity contribution in [2.45, 2.75) is 71.7 Å². The minimum absolute atomic E-state index is 0.00423. The highest BCUT2D eigenvalue weighted by Crippen LogP contribution is 2.47. The van der Waals surface area contributed by atoms with Crippen molar-refractivity contribution < 1.29 is 39.5 Å². The van der Waals surface area contributed by atoms with Crippen LogP contribution in [0.1, 0.15) is 61.4 Å². The number of sulfone groups is 1. The van der Waals surface area contributed by atoms with Gasteiger partial charge >= 0.3 is 5.51 Å². The van der Waals surface area contributed by atoms with E-state index < -0.39 is 52.8 Å². The van der Waals surface area contributed by atoms with Crippen LogP contribution in [0.15, 0.2) is 112 Å². The van der Waals surface area contributed by atoms with Crippen LogP contribution >= 0.6 is 23.4 Å². The second-order valence-electron chi connectivity index (χ2n) is 17.9. The summed E-state index contributed by atoms with van der Waals surface area (Å²) in [6, 6.07) is 26.0. The molecule has 2 N–H and O–H groups in total. The van der Waals surface area contributed by atoms with Crippen molar-refractivity contribution in [2.75, 3.05) is 81.5 Å². The number of halogens is 4. The van der Waals surface area contributed by atoms with Gasteiger partial charge in [0.15, 0.2) is 0 Å². The standard InChI is InChI=1S/C47H57ClF3N5O6S3/c1-46(2)20-18-42(34-8-12-37(48)13-9-34)36(31-46)32-55-22-24-56(25-23-55)39-14-10-35(11-15-39)45(57)53-65(60,61)41-16-17-43(44(30-41)64(58,59)47(49,50)51)52-38(19-21-54-26-28-62-29-27-54)33-63-40-6-4-3-5-7-40/h3-17,30,36,38,42,52H,18-29,31-33H2,1-2H3,(H,53,57)/t36?,38-,42?/m1/s1. The van der Waals surface area contributed by atoms with Gasteiger partial charge in [-0.05, 0) is 115 Å². The van der Waals surface area contributed by atoms with Gasteiger partial charge in [0, 0.05) is 85.3 Å². The average Bonchev–Trinajstić information content (AvgIpc) is 3.28. The van der Waals surface area contributed by atoms with E-state index in [1.165, 1.54) is 35.9 Å². The fourth-order valence-electron chi connectivity index (χ4n) is 9.09. The van der Waals surface area contributed by atoms with Gasteiger partial charge in [-0.25, -0.2) is 21.6 Å². The van der Waals surface area contributed by atoms with Gasteiger partial charge in [0.05, 0.1) is 23.8 Å². The first-order valence-corrected chi connectivity index (χ1v) is 26.3. The number of ether oxygens (including phenoxy) is 1. The molecule has 0 bridgehead atoms. The zero-order chi connectivity index (χ0) is 46.4. The Balaban J connectivity index is 1.01. The Morgan fingerprint density at radius 2 is 1.55 bits per heavy atom. The molecule has 7 rings (SSSR count). The number of carbonyl (C=O) groups is 1. The molecule has 0 spiro atoms. The Hall–Kier alpha value is -3.84. The van der Waals surface area contributed by atoms with E-state index in [1.807, 2.05) is 47.2 Å². The average molecular weight is 977 g/mol. The van der Waals surface area contributed by atoms with Crippen LogP contribution < -0.4 is 14.9 Å². The lowest BCUT2D eigenvalue weighted by Gasteiger charge is -2.45. The monoisotopic (exact) mass is 975 g/mol. The van der Waals surface area contributed by atoms with Gasteiger partial charge in [0.2, 0.25) is 0 Å². The Kier molecular flexibility index (Phi) is 15.8. The van der Waals surface area contributed by atoms with Crippen molar-refractivity contribution in [1.82, 2.24) is 14.5 Å². The molecule has 1 aliphatic carbocycles. The highest BCUT2D eigenvalue weighted by atomic mass is 35.5. The second-order valence-corrected chi connectivity index (χ2v) is 23.0. The van der Waals surface area contributed by atoms with Crippen LogP contribution in [0, 0.1) is 11.3 Å². The van der Waals surface area contributed by atoms with Crippen molar-refractivity contribution in [1.29, 1.82) is 0 Å². The molecule has 18 heteroatoms. The Morgan fingerprint density at radius 3 is 2.22 bits per heavy atom. The van der Waals surface area contributed by atoms with E-state index in [2.05, 4.69) is 46.0 Å². The first-order valence-electron chi connectivity index (χ1n) is 22.0. The molecule has 3 aliphatic rings. The van der Waals surface area contributed by atoms with Gasteiger partial charge in [-0.2, -0.15) is 13.2 Å². The molecule has 1 saturated carbocycles. The summed E-state index contributed by atoms with van der Waals surface area (Å²) >= 11 is 7.65. The summed E-state index contributed by atoms with van der Waals surface area (Å²) in [6.45, 7) is 11.9. The number of piperazine rings is 1. The predicted octanol–water partition coefficient (Wildman–Crippen LogP) is 8.78. The maximum absolute atomic E-state index is 14.2. The van der Waals surface area contributed by atoms with Crippen molar-refractivity contribution in [2.24, 2.45) is 11.3 Å². The number of amides is 1. The van der Waals surface area contributed by atoms with Crippen LogP contribution in [-0.4, -0.2) is 115 Å². The molecule has 3 atom stereocenters. The molecule has 0 aromatic heterocycles. The lowest BCUT2D eigenvalue weighted by atomic mass is 9.65. The zero-order valence-corrected chi connectivity index (χ0v) is 39.8.